The van der Waals surface area contributed by atoms with Crippen molar-refractivity contribution in [3.05, 3.63) is 0 Å². The summed E-state index contributed by atoms with van der Waals surface area (Å²) in [4.78, 5) is 22.5. The predicted octanol–water partition coefficient (Wildman–Crippen LogP) is 1.65. The van der Waals surface area contributed by atoms with Crippen LogP contribution < -0.4 is 5.32 Å². The van der Waals surface area contributed by atoms with Gasteiger partial charge in [-0.15, -0.1) is 0 Å². The molecule has 0 aliphatic carbocycles. The molecule has 0 aliphatic rings. The maximum Gasteiger partial charge on any atom is 0.318 e. The largest absolute Gasteiger partial charge is 0.480 e. The van der Waals surface area contributed by atoms with Crippen molar-refractivity contribution in [1.29, 1.82) is 0 Å². The van der Waals surface area contributed by atoms with Crippen molar-refractivity contribution >= 4 is 11.9 Å². The van der Waals surface area contributed by atoms with Crippen LogP contribution >= 0.6 is 0 Å². The number of hydrogen-bond acceptors (Lipinski definition) is 2. The van der Waals surface area contributed by atoms with Crippen LogP contribution in [-0.4, -0.2) is 23.0 Å². The van der Waals surface area contributed by atoms with Gasteiger partial charge in [-0.05, 0) is 26.2 Å². The van der Waals surface area contributed by atoms with E-state index in [2.05, 4.69) is 5.32 Å². The summed E-state index contributed by atoms with van der Waals surface area (Å²) < 4.78 is 0. The van der Waals surface area contributed by atoms with Crippen LogP contribution in [0.5, 0.6) is 0 Å². The summed E-state index contributed by atoms with van der Waals surface area (Å²) in [7, 11) is 0. The lowest BCUT2D eigenvalue weighted by molar-refractivity contribution is -0.153. The molecule has 0 aromatic rings. The standard InChI is InChI=1S/C11H21NO3/c1-7(10(2,3)4)12-8(13)11(5,6)9(14)15/h7H,1-6H3,(H,12,13)(H,14,15). The van der Waals surface area contributed by atoms with Gasteiger partial charge in [0.2, 0.25) is 5.91 Å². The summed E-state index contributed by atoms with van der Waals surface area (Å²) in [5, 5.41) is 11.6. The Morgan fingerprint density at radius 1 is 1.13 bits per heavy atom. The fourth-order valence-corrected chi connectivity index (χ4v) is 0.691. The summed E-state index contributed by atoms with van der Waals surface area (Å²) in [6.45, 7) is 10.7. The molecule has 0 radical (unpaired) electrons. The summed E-state index contributed by atoms with van der Waals surface area (Å²) in [5.74, 6) is -1.56. The highest BCUT2D eigenvalue weighted by atomic mass is 16.4. The Morgan fingerprint density at radius 3 is 1.80 bits per heavy atom. The maximum atomic E-state index is 11.7. The molecule has 0 fully saturated rings. The van der Waals surface area contributed by atoms with Gasteiger partial charge < -0.3 is 10.4 Å². The molecule has 4 heteroatoms. The van der Waals surface area contributed by atoms with Crippen molar-refractivity contribution in [2.45, 2.75) is 47.6 Å². The third kappa shape index (κ3) is 3.53. The predicted molar refractivity (Wildman–Crippen MR) is 58.5 cm³/mol. The van der Waals surface area contributed by atoms with Crippen molar-refractivity contribution in [3.8, 4) is 0 Å². The molecule has 4 nitrogen and oxygen atoms in total. The Labute approximate surface area is 91.1 Å². The first-order valence-corrected chi connectivity index (χ1v) is 5.04. The number of carboxylic acid groups (broad SMARTS) is 1. The van der Waals surface area contributed by atoms with Gasteiger partial charge in [0.25, 0.3) is 0 Å². The number of hydrogen-bond donors (Lipinski definition) is 2. The SMILES string of the molecule is CC(NC(=O)C(C)(C)C(=O)O)C(C)(C)C. The minimum absolute atomic E-state index is 0.0661. The summed E-state index contributed by atoms with van der Waals surface area (Å²) in [6, 6.07) is -0.0661. The van der Waals surface area contributed by atoms with E-state index in [4.69, 9.17) is 5.11 Å². The zero-order valence-electron chi connectivity index (χ0n) is 10.3. The average Bonchev–Trinajstić information content (AvgIpc) is 2.01. The first-order valence-electron chi connectivity index (χ1n) is 5.04. The Bertz CT molecular complexity index is 263. The van der Waals surface area contributed by atoms with Crippen LogP contribution in [0.3, 0.4) is 0 Å². The molecule has 2 N–H and O–H groups in total. The average molecular weight is 215 g/mol. The lowest BCUT2D eigenvalue weighted by atomic mass is 9.86. The highest BCUT2D eigenvalue weighted by molar-refractivity contribution is 6.01. The minimum Gasteiger partial charge on any atom is -0.480 e. The lowest BCUT2D eigenvalue weighted by Crippen LogP contribution is -2.49. The van der Waals surface area contributed by atoms with E-state index in [0.29, 0.717) is 0 Å². The van der Waals surface area contributed by atoms with Crippen LogP contribution in [0.1, 0.15) is 41.5 Å². The van der Waals surface area contributed by atoms with Crippen LogP contribution in [0.25, 0.3) is 0 Å². The van der Waals surface area contributed by atoms with Gasteiger partial charge in [-0.1, -0.05) is 20.8 Å². The molecule has 0 bridgehead atoms. The third-order valence-electron chi connectivity index (χ3n) is 2.75. The quantitative estimate of drug-likeness (QED) is 0.703. The first-order chi connectivity index (χ1) is 6.49. The number of rotatable bonds is 3. The van der Waals surface area contributed by atoms with E-state index in [-0.39, 0.29) is 11.5 Å². The van der Waals surface area contributed by atoms with Gasteiger partial charge >= 0.3 is 5.97 Å². The molecule has 1 unspecified atom stereocenters. The number of aliphatic carboxylic acids is 1. The molecule has 0 aliphatic heterocycles. The highest BCUT2D eigenvalue weighted by Gasteiger charge is 2.37. The Morgan fingerprint density at radius 2 is 1.53 bits per heavy atom. The third-order valence-corrected chi connectivity index (χ3v) is 2.75. The molecule has 88 valence electrons. The van der Waals surface area contributed by atoms with Crippen molar-refractivity contribution in [2.24, 2.45) is 10.8 Å². The van der Waals surface area contributed by atoms with Gasteiger partial charge in [-0.2, -0.15) is 0 Å². The van der Waals surface area contributed by atoms with Crippen LogP contribution in [0.4, 0.5) is 0 Å². The summed E-state index contributed by atoms with van der Waals surface area (Å²) >= 11 is 0. The van der Waals surface area contributed by atoms with Gasteiger partial charge in [0.1, 0.15) is 5.41 Å². The molecule has 1 amide bonds. The van der Waals surface area contributed by atoms with Gasteiger partial charge in [0.05, 0.1) is 0 Å². The number of amides is 1. The Kier molecular flexibility index (Phi) is 3.91. The zero-order valence-corrected chi connectivity index (χ0v) is 10.3. The Hall–Kier alpha value is -1.06. The van der Waals surface area contributed by atoms with Crippen molar-refractivity contribution < 1.29 is 14.7 Å². The Balaban J connectivity index is 4.58. The van der Waals surface area contributed by atoms with Crippen molar-refractivity contribution in [1.82, 2.24) is 5.32 Å². The van der Waals surface area contributed by atoms with E-state index in [1.165, 1.54) is 13.8 Å². The van der Waals surface area contributed by atoms with Gasteiger partial charge in [-0.25, -0.2) is 0 Å². The van der Waals surface area contributed by atoms with Gasteiger partial charge in [-0.3, -0.25) is 9.59 Å². The maximum absolute atomic E-state index is 11.7. The minimum atomic E-state index is -1.38. The fourth-order valence-electron chi connectivity index (χ4n) is 0.691. The number of carboxylic acids is 1. The topological polar surface area (TPSA) is 66.4 Å². The molecule has 0 aromatic carbocycles. The molecular weight excluding hydrogens is 194 g/mol. The molecule has 0 saturated heterocycles. The summed E-state index contributed by atoms with van der Waals surface area (Å²) in [5.41, 5.74) is -1.45. The molecule has 0 saturated carbocycles. The van der Waals surface area contributed by atoms with E-state index in [1.54, 1.807) is 0 Å². The van der Waals surface area contributed by atoms with Crippen LogP contribution in [0.2, 0.25) is 0 Å². The number of carbonyl (C=O) groups is 2. The molecule has 0 spiro atoms. The molecule has 1 atom stereocenters. The molecule has 0 heterocycles. The lowest BCUT2D eigenvalue weighted by Gasteiger charge is -2.30. The van der Waals surface area contributed by atoms with E-state index in [0.717, 1.165) is 0 Å². The van der Waals surface area contributed by atoms with E-state index in [9.17, 15) is 9.59 Å². The second-order valence-electron chi connectivity index (χ2n) is 5.49. The second kappa shape index (κ2) is 4.21. The highest BCUT2D eigenvalue weighted by Crippen LogP contribution is 2.21. The summed E-state index contributed by atoms with van der Waals surface area (Å²) in [6.07, 6.45) is 0. The van der Waals surface area contributed by atoms with Gasteiger partial charge in [0, 0.05) is 6.04 Å². The number of carbonyl (C=O) groups excluding carboxylic acids is 1. The molecular formula is C11H21NO3. The fraction of sp³-hybridized carbons (Fsp3) is 0.818. The van der Waals surface area contributed by atoms with Crippen LogP contribution in [-0.2, 0) is 9.59 Å². The molecule has 0 rings (SSSR count). The van der Waals surface area contributed by atoms with Crippen LogP contribution in [0.15, 0.2) is 0 Å². The number of nitrogens with one attached hydrogen (secondary N) is 1. The smallest absolute Gasteiger partial charge is 0.318 e. The van der Waals surface area contributed by atoms with E-state index in [1.807, 2.05) is 27.7 Å². The first kappa shape index (κ1) is 13.9. The molecule has 15 heavy (non-hydrogen) atoms. The van der Waals surface area contributed by atoms with Crippen molar-refractivity contribution in [2.75, 3.05) is 0 Å². The monoisotopic (exact) mass is 215 g/mol. The van der Waals surface area contributed by atoms with Crippen LogP contribution in [0, 0.1) is 10.8 Å². The van der Waals surface area contributed by atoms with E-state index < -0.39 is 17.3 Å². The van der Waals surface area contributed by atoms with Crippen molar-refractivity contribution in [3.63, 3.8) is 0 Å². The normalized spacial score (nSPS) is 14.5. The zero-order chi connectivity index (χ0) is 12.4. The van der Waals surface area contributed by atoms with E-state index >= 15 is 0 Å². The molecule has 0 aromatic heterocycles. The second-order valence-corrected chi connectivity index (χ2v) is 5.49. The van der Waals surface area contributed by atoms with Gasteiger partial charge in [0.15, 0.2) is 0 Å².